The van der Waals surface area contributed by atoms with Crippen LogP contribution in [0.3, 0.4) is 0 Å². The van der Waals surface area contributed by atoms with Gasteiger partial charge in [-0.15, -0.1) is 0 Å². The van der Waals surface area contributed by atoms with Gasteiger partial charge < -0.3 is 14.8 Å². The minimum Gasteiger partial charge on any atom is -0.465 e. The number of amides is 1. The zero-order valence-electron chi connectivity index (χ0n) is 18.8. The van der Waals surface area contributed by atoms with Gasteiger partial charge in [0.05, 0.1) is 40.8 Å². The number of benzene rings is 2. The van der Waals surface area contributed by atoms with Crippen LogP contribution in [0.4, 0.5) is 5.69 Å². The first-order valence-corrected chi connectivity index (χ1v) is 12.4. The largest absolute Gasteiger partial charge is 0.465 e. The lowest BCUT2D eigenvalue weighted by Crippen LogP contribution is -2.32. The number of anilines is 1. The summed E-state index contributed by atoms with van der Waals surface area (Å²) in [5.41, 5.74) is 0.0689. The number of methoxy groups -OCH3 is 2. The summed E-state index contributed by atoms with van der Waals surface area (Å²) in [4.78, 5) is 36.9. The average molecular weight is 509 g/mol. The first-order chi connectivity index (χ1) is 16.2. The fourth-order valence-electron chi connectivity index (χ4n) is 3.64. The highest BCUT2D eigenvalue weighted by molar-refractivity contribution is 7.89. The van der Waals surface area contributed by atoms with Gasteiger partial charge in [-0.25, -0.2) is 18.0 Å². The number of carbonyl (C=O) groups excluding carboxylic acids is 3. The monoisotopic (exact) mass is 508 g/mol. The standard InChI is InChI=1S/C23H25ClN2O7S/c1-32-22(28)15-11-16(23(29)33-2)13-17(12-15)25-21(27)19-14-18(7-8-20(19)24)34(30,31)26-9-5-3-4-6-10-26/h7-8,11-14H,3-6,9-10H2,1-2H3,(H,25,27). The number of nitrogens with zero attached hydrogens (tertiary/aromatic N) is 1. The van der Waals surface area contributed by atoms with E-state index in [1.165, 1.54) is 54.9 Å². The molecular weight excluding hydrogens is 484 g/mol. The van der Waals surface area contributed by atoms with Crippen molar-refractivity contribution >= 4 is 45.2 Å². The third kappa shape index (κ3) is 5.75. The Hall–Kier alpha value is -2.95. The van der Waals surface area contributed by atoms with Crippen LogP contribution in [0.2, 0.25) is 5.02 Å². The van der Waals surface area contributed by atoms with Gasteiger partial charge >= 0.3 is 11.9 Å². The van der Waals surface area contributed by atoms with Crippen LogP contribution in [-0.4, -0.2) is 57.9 Å². The Labute approximate surface area is 203 Å². The zero-order chi connectivity index (χ0) is 24.9. The van der Waals surface area contributed by atoms with E-state index in [0.29, 0.717) is 13.1 Å². The highest BCUT2D eigenvalue weighted by Crippen LogP contribution is 2.26. The summed E-state index contributed by atoms with van der Waals surface area (Å²) in [5.74, 6) is -2.15. The van der Waals surface area contributed by atoms with Crippen LogP contribution < -0.4 is 5.32 Å². The van der Waals surface area contributed by atoms with Gasteiger partial charge in [0.25, 0.3) is 5.91 Å². The minimum atomic E-state index is -3.80. The van der Waals surface area contributed by atoms with Gasteiger partial charge in [0, 0.05) is 18.8 Å². The van der Waals surface area contributed by atoms with Crippen molar-refractivity contribution in [3.8, 4) is 0 Å². The molecule has 1 N–H and O–H groups in total. The summed E-state index contributed by atoms with van der Waals surface area (Å²) in [6, 6.07) is 7.86. The Morgan fingerprint density at radius 3 is 1.97 bits per heavy atom. The molecule has 3 rings (SSSR count). The van der Waals surface area contributed by atoms with E-state index < -0.39 is 27.9 Å². The van der Waals surface area contributed by atoms with E-state index in [9.17, 15) is 22.8 Å². The fraction of sp³-hybridized carbons (Fsp3) is 0.348. The highest BCUT2D eigenvalue weighted by atomic mass is 35.5. The molecule has 0 radical (unpaired) electrons. The first-order valence-electron chi connectivity index (χ1n) is 10.6. The number of hydrogen-bond donors (Lipinski definition) is 1. The maximum atomic E-state index is 13.1. The number of carbonyl (C=O) groups is 3. The fourth-order valence-corrected chi connectivity index (χ4v) is 5.39. The zero-order valence-corrected chi connectivity index (χ0v) is 20.4. The lowest BCUT2D eigenvalue weighted by Gasteiger charge is -2.20. The van der Waals surface area contributed by atoms with Crippen molar-refractivity contribution in [1.29, 1.82) is 0 Å². The Morgan fingerprint density at radius 1 is 0.882 bits per heavy atom. The molecule has 182 valence electrons. The number of hydrogen-bond acceptors (Lipinski definition) is 7. The van der Waals surface area contributed by atoms with Gasteiger partial charge in [-0.05, 0) is 49.2 Å². The SMILES string of the molecule is COC(=O)c1cc(NC(=O)c2cc(S(=O)(=O)N3CCCCCC3)ccc2Cl)cc(C(=O)OC)c1. The van der Waals surface area contributed by atoms with Crippen LogP contribution >= 0.6 is 11.6 Å². The molecule has 11 heteroatoms. The smallest absolute Gasteiger partial charge is 0.337 e. The summed E-state index contributed by atoms with van der Waals surface area (Å²) in [6.45, 7) is 0.840. The number of nitrogens with one attached hydrogen (secondary N) is 1. The van der Waals surface area contributed by atoms with E-state index in [4.69, 9.17) is 21.1 Å². The number of halogens is 1. The van der Waals surface area contributed by atoms with E-state index in [-0.39, 0.29) is 32.3 Å². The van der Waals surface area contributed by atoms with Crippen molar-refractivity contribution in [2.24, 2.45) is 0 Å². The van der Waals surface area contributed by atoms with Crippen molar-refractivity contribution < 1.29 is 32.3 Å². The highest BCUT2D eigenvalue weighted by Gasteiger charge is 2.27. The third-order valence-electron chi connectivity index (χ3n) is 5.42. The van der Waals surface area contributed by atoms with Crippen molar-refractivity contribution in [2.45, 2.75) is 30.6 Å². The number of esters is 2. The number of rotatable bonds is 6. The predicted molar refractivity (Wildman–Crippen MR) is 126 cm³/mol. The van der Waals surface area contributed by atoms with Gasteiger partial charge in [0.15, 0.2) is 0 Å². The molecule has 0 aliphatic carbocycles. The molecule has 1 fully saturated rings. The molecule has 0 aromatic heterocycles. The molecule has 1 amide bonds. The number of ether oxygens (including phenoxy) is 2. The van der Waals surface area contributed by atoms with E-state index >= 15 is 0 Å². The second kappa shape index (κ2) is 11.0. The summed E-state index contributed by atoms with van der Waals surface area (Å²) in [6.07, 6.45) is 3.50. The second-order valence-corrected chi connectivity index (χ2v) is 10.0. The summed E-state index contributed by atoms with van der Waals surface area (Å²) < 4.78 is 37.1. The summed E-state index contributed by atoms with van der Waals surface area (Å²) in [7, 11) is -1.44. The van der Waals surface area contributed by atoms with Crippen LogP contribution in [0, 0.1) is 0 Å². The molecule has 0 saturated carbocycles. The number of sulfonamides is 1. The minimum absolute atomic E-state index is 0.0179. The van der Waals surface area contributed by atoms with Crippen molar-refractivity contribution in [1.82, 2.24) is 4.31 Å². The molecule has 0 bridgehead atoms. The molecule has 1 aliphatic heterocycles. The first kappa shape index (κ1) is 25.7. The maximum absolute atomic E-state index is 13.1. The van der Waals surface area contributed by atoms with E-state index in [0.717, 1.165) is 25.7 Å². The molecule has 0 spiro atoms. The van der Waals surface area contributed by atoms with Gasteiger partial charge in [0.1, 0.15) is 0 Å². The lowest BCUT2D eigenvalue weighted by atomic mass is 10.1. The molecule has 0 unspecified atom stereocenters. The normalized spacial score (nSPS) is 14.7. The van der Waals surface area contributed by atoms with E-state index in [2.05, 4.69) is 5.32 Å². The van der Waals surface area contributed by atoms with Crippen LogP contribution in [0.15, 0.2) is 41.3 Å². The van der Waals surface area contributed by atoms with Gasteiger partial charge in [-0.2, -0.15) is 4.31 Å². The Bertz CT molecular complexity index is 1170. The van der Waals surface area contributed by atoms with Crippen molar-refractivity contribution in [3.05, 3.63) is 58.1 Å². The molecule has 9 nitrogen and oxygen atoms in total. The van der Waals surface area contributed by atoms with Crippen LogP contribution in [0.5, 0.6) is 0 Å². The summed E-state index contributed by atoms with van der Waals surface area (Å²) in [5, 5.41) is 2.60. The Balaban J connectivity index is 1.93. The third-order valence-corrected chi connectivity index (χ3v) is 7.64. The van der Waals surface area contributed by atoms with E-state index in [1.54, 1.807) is 0 Å². The molecule has 1 aliphatic rings. The van der Waals surface area contributed by atoms with Crippen molar-refractivity contribution in [3.63, 3.8) is 0 Å². The van der Waals surface area contributed by atoms with Crippen molar-refractivity contribution in [2.75, 3.05) is 32.6 Å². The topological polar surface area (TPSA) is 119 Å². The van der Waals surface area contributed by atoms with E-state index in [1.807, 2.05) is 0 Å². The Morgan fingerprint density at radius 2 is 1.44 bits per heavy atom. The quantitative estimate of drug-likeness (QED) is 0.590. The summed E-state index contributed by atoms with van der Waals surface area (Å²) >= 11 is 6.21. The van der Waals surface area contributed by atoms with Crippen LogP contribution in [-0.2, 0) is 19.5 Å². The van der Waals surface area contributed by atoms with Gasteiger partial charge in [-0.3, -0.25) is 4.79 Å². The molecule has 34 heavy (non-hydrogen) atoms. The molecule has 1 heterocycles. The molecule has 2 aromatic rings. The molecular formula is C23H25ClN2O7S. The van der Waals surface area contributed by atoms with Gasteiger partial charge in [0.2, 0.25) is 10.0 Å². The lowest BCUT2D eigenvalue weighted by molar-refractivity contribution is 0.0598. The molecule has 1 saturated heterocycles. The molecule has 0 atom stereocenters. The van der Waals surface area contributed by atoms with Crippen LogP contribution in [0.25, 0.3) is 0 Å². The van der Waals surface area contributed by atoms with Crippen LogP contribution in [0.1, 0.15) is 56.8 Å². The average Bonchev–Trinajstić information content (AvgIpc) is 3.13. The second-order valence-electron chi connectivity index (χ2n) is 7.70. The maximum Gasteiger partial charge on any atom is 0.337 e. The predicted octanol–water partition coefficient (Wildman–Crippen LogP) is 3.73. The molecule has 2 aromatic carbocycles. The van der Waals surface area contributed by atoms with Gasteiger partial charge in [-0.1, -0.05) is 24.4 Å². The Kier molecular flexibility index (Phi) is 8.29.